The highest BCUT2D eigenvalue weighted by Gasteiger charge is 2.24. The zero-order valence-electron chi connectivity index (χ0n) is 11.7. The predicted octanol–water partition coefficient (Wildman–Crippen LogP) is 3.22. The summed E-state index contributed by atoms with van der Waals surface area (Å²) in [5.74, 6) is 0.224. The van der Waals surface area contributed by atoms with E-state index in [0.29, 0.717) is 0 Å². The third kappa shape index (κ3) is 7.14. The van der Waals surface area contributed by atoms with Crippen LogP contribution in [0.25, 0.3) is 0 Å². The van der Waals surface area contributed by atoms with Gasteiger partial charge in [-0.25, -0.2) is 0 Å². The van der Waals surface area contributed by atoms with E-state index in [0.717, 1.165) is 25.5 Å². The van der Waals surface area contributed by atoms with Gasteiger partial charge in [0, 0.05) is 5.92 Å². The number of carbonyl (C=O) groups is 2. The molecule has 0 spiro atoms. The number of hydrogen-bond acceptors (Lipinski definition) is 3. The topological polar surface area (TPSA) is 43.4 Å². The summed E-state index contributed by atoms with van der Waals surface area (Å²) in [6.45, 7) is 9.71. The van der Waals surface area contributed by atoms with Crippen LogP contribution >= 0.6 is 0 Å². The zero-order valence-corrected chi connectivity index (χ0v) is 11.7. The molecule has 0 amide bonds. The molecule has 0 aliphatic rings. The number of aldehydes is 1. The second-order valence-corrected chi connectivity index (χ2v) is 5.38. The minimum Gasteiger partial charge on any atom is -0.463 e. The average Bonchev–Trinajstić information content (AvgIpc) is 2.22. The van der Waals surface area contributed by atoms with Crippen molar-refractivity contribution in [3.63, 3.8) is 0 Å². The normalized spacial score (nSPS) is 14.8. The Hall–Kier alpha value is -0.860. The maximum absolute atomic E-state index is 11.8. The Bertz CT molecular complexity index is 234. The molecule has 2 atom stereocenters. The van der Waals surface area contributed by atoms with Crippen LogP contribution in [0.5, 0.6) is 0 Å². The van der Waals surface area contributed by atoms with E-state index in [9.17, 15) is 9.59 Å². The predicted molar refractivity (Wildman–Crippen MR) is 68.6 cm³/mol. The quantitative estimate of drug-likeness (QED) is 0.485. The van der Waals surface area contributed by atoms with E-state index in [1.807, 2.05) is 34.6 Å². The van der Waals surface area contributed by atoms with Crippen LogP contribution in [-0.4, -0.2) is 18.4 Å². The van der Waals surface area contributed by atoms with Crippen LogP contribution in [-0.2, 0) is 14.3 Å². The first-order chi connectivity index (χ1) is 7.88. The highest BCUT2D eigenvalue weighted by atomic mass is 16.5. The van der Waals surface area contributed by atoms with Gasteiger partial charge >= 0.3 is 5.97 Å². The van der Waals surface area contributed by atoms with Gasteiger partial charge in [-0.15, -0.1) is 0 Å². The van der Waals surface area contributed by atoms with E-state index in [1.54, 1.807) is 0 Å². The van der Waals surface area contributed by atoms with Gasteiger partial charge in [-0.05, 0) is 32.6 Å². The van der Waals surface area contributed by atoms with Crippen LogP contribution in [0.15, 0.2) is 0 Å². The monoisotopic (exact) mass is 242 g/mol. The molecule has 3 nitrogen and oxygen atoms in total. The highest BCUT2D eigenvalue weighted by Crippen LogP contribution is 2.21. The van der Waals surface area contributed by atoms with Crippen LogP contribution in [0.4, 0.5) is 0 Å². The third-order valence-electron chi connectivity index (χ3n) is 2.87. The molecule has 100 valence electrons. The summed E-state index contributed by atoms with van der Waals surface area (Å²) >= 11 is 0. The molecule has 0 aromatic carbocycles. The number of hydrogen-bond donors (Lipinski definition) is 0. The fourth-order valence-corrected chi connectivity index (χ4v) is 1.77. The largest absolute Gasteiger partial charge is 0.463 e. The summed E-state index contributed by atoms with van der Waals surface area (Å²) in [6.07, 6.45) is 3.47. The van der Waals surface area contributed by atoms with Crippen LogP contribution in [0.1, 0.15) is 53.9 Å². The van der Waals surface area contributed by atoms with Gasteiger partial charge in [0.05, 0.1) is 12.0 Å². The molecule has 0 radical (unpaired) electrons. The Labute approximate surface area is 105 Å². The average molecular weight is 242 g/mol. The summed E-state index contributed by atoms with van der Waals surface area (Å²) in [5, 5.41) is 0. The maximum atomic E-state index is 11.8. The van der Waals surface area contributed by atoms with Crippen molar-refractivity contribution >= 4 is 12.3 Å². The van der Waals surface area contributed by atoms with Gasteiger partial charge in [0.15, 0.2) is 0 Å². The second kappa shape index (κ2) is 8.26. The van der Waals surface area contributed by atoms with E-state index in [-0.39, 0.29) is 29.8 Å². The van der Waals surface area contributed by atoms with Gasteiger partial charge in [-0.2, -0.15) is 0 Å². The Balaban J connectivity index is 4.15. The van der Waals surface area contributed by atoms with E-state index >= 15 is 0 Å². The molecule has 0 saturated heterocycles. The molecule has 0 aromatic rings. The molecule has 0 aliphatic carbocycles. The van der Waals surface area contributed by atoms with Gasteiger partial charge in [-0.1, -0.05) is 27.2 Å². The first-order valence-electron chi connectivity index (χ1n) is 6.54. The summed E-state index contributed by atoms with van der Waals surface area (Å²) in [4.78, 5) is 22.4. The van der Waals surface area contributed by atoms with Crippen molar-refractivity contribution in [1.82, 2.24) is 0 Å². The molecule has 2 unspecified atom stereocenters. The van der Waals surface area contributed by atoms with Gasteiger partial charge in [0.25, 0.3) is 0 Å². The van der Waals surface area contributed by atoms with E-state index in [4.69, 9.17) is 4.74 Å². The minimum atomic E-state index is -0.103. The van der Waals surface area contributed by atoms with Crippen molar-refractivity contribution in [2.75, 3.05) is 0 Å². The summed E-state index contributed by atoms with van der Waals surface area (Å²) in [6, 6.07) is 0. The first kappa shape index (κ1) is 16.1. The van der Waals surface area contributed by atoms with Crippen LogP contribution < -0.4 is 0 Å². The van der Waals surface area contributed by atoms with E-state index in [1.165, 1.54) is 0 Å². The molecule has 17 heavy (non-hydrogen) atoms. The summed E-state index contributed by atoms with van der Waals surface area (Å²) in [7, 11) is 0. The van der Waals surface area contributed by atoms with Crippen molar-refractivity contribution in [1.29, 1.82) is 0 Å². The Morgan fingerprint density at radius 3 is 2.12 bits per heavy atom. The smallest absolute Gasteiger partial charge is 0.309 e. The Morgan fingerprint density at radius 2 is 1.71 bits per heavy atom. The molecule has 0 rings (SSSR count). The molecule has 0 aliphatic heterocycles. The lowest BCUT2D eigenvalue weighted by molar-refractivity contribution is -0.154. The minimum absolute atomic E-state index is 0.0451. The van der Waals surface area contributed by atoms with Crippen molar-refractivity contribution < 1.29 is 14.3 Å². The number of ether oxygens (including phenoxy) is 1. The molecule has 0 bridgehead atoms. The lowest BCUT2D eigenvalue weighted by Gasteiger charge is -2.21. The summed E-state index contributed by atoms with van der Waals surface area (Å²) in [5.41, 5.74) is 0. The van der Waals surface area contributed by atoms with Gasteiger partial charge < -0.3 is 9.53 Å². The van der Waals surface area contributed by atoms with Crippen molar-refractivity contribution in [2.24, 2.45) is 17.8 Å². The molecule has 0 saturated carbocycles. The first-order valence-corrected chi connectivity index (χ1v) is 6.54. The molecular formula is C14H26O3. The van der Waals surface area contributed by atoms with Crippen LogP contribution in [0.3, 0.4) is 0 Å². The zero-order chi connectivity index (χ0) is 13.4. The lowest BCUT2D eigenvalue weighted by atomic mass is 9.89. The van der Waals surface area contributed by atoms with Gasteiger partial charge in [-0.3, -0.25) is 4.79 Å². The fraction of sp³-hybridized carbons (Fsp3) is 0.857. The number of esters is 1. The summed E-state index contributed by atoms with van der Waals surface area (Å²) < 4.78 is 5.25. The third-order valence-corrected chi connectivity index (χ3v) is 2.87. The van der Waals surface area contributed by atoms with E-state index < -0.39 is 0 Å². The molecule has 3 heteroatoms. The standard InChI is InChI=1S/C14H26O3/c1-10(2)13(14(16)17-11(3)4)8-6-7-12(5)9-15/h9-13H,6-8H2,1-5H3. The van der Waals surface area contributed by atoms with Gasteiger partial charge in [0.2, 0.25) is 0 Å². The van der Waals surface area contributed by atoms with Crippen LogP contribution in [0.2, 0.25) is 0 Å². The Morgan fingerprint density at radius 1 is 1.12 bits per heavy atom. The Kier molecular flexibility index (Phi) is 7.85. The van der Waals surface area contributed by atoms with Crippen molar-refractivity contribution in [3.8, 4) is 0 Å². The molecule has 0 fully saturated rings. The fourth-order valence-electron chi connectivity index (χ4n) is 1.77. The lowest BCUT2D eigenvalue weighted by Crippen LogP contribution is -2.25. The molecule has 0 N–H and O–H groups in total. The molecule has 0 heterocycles. The van der Waals surface area contributed by atoms with Crippen molar-refractivity contribution in [3.05, 3.63) is 0 Å². The van der Waals surface area contributed by atoms with Crippen LogP contribution in [0, 0.1) is 17.8 Å². The number of carbonyl (C=O) groups excluding carboxylic acids is 2. The van der Waals surface area contributed by atoms with E-state index in [2.05, 4.69) is 0 Å². The molecule has 0 aromatic heterocycles. The highest BCUT2D eigenvalue weighted by molar-refractivity contribution is 5.72. The van der Waals surface area contributed by atoms with Gasteiger partial charge in [0.1, 0.15) is 6.29 Å². The second-order valence-electron chi connectivity index (χ2n) is 5.38. The molecular weight excluding hydrogens is 216 g/mol. The van der Waals surface area contributed by atoms with Crippen molar-refractivity contribution in [2.45, 2.75) is 60.0 Å². The maximum Gasteiger partial charge on any atom is 0.309 e. The number of rotatable bonds is 8. The SMILES string of the molecule is CC(C=O)CCCC(C(=O)OC(C)C)C(C)C.